The summed E-state index contributed by atoms with van der Waals surface area (Å²) in [6.45, 7) is -1.39. The Morgan fingerprint density at radius 3 is 2.84 bits per heavy atom. The summed E-state index contributed by atoms with van der Waals surface area (Å²) in [5.74, 6) is 1.38. The summed E-state index contributed by atoms with van der Waals surface area (Å²) in [6.07, 6.45) is 4.33. The van der Waals surface area contributed by atoms with Crippen molar-refractivity contribution in [3.05, 3.63) is 28.2 Å². The van der Waals surface area contributed by atoms with Crippen LogP contribution >= 0.6 is 27.7 Å². The Bertz CT molecular complexity index is 380. The minimum absolute atomic E-state index is 0.231. The molecule has 0 saturated heterocycles. The lowest BCUT2D eigenvalue weighted by Gasteiger charge is -2.12. The predicted molar refractivity (Wildman–Crippen MR) is 80.1 cm³/mol. The predicted octanol–water partition coefficient (Wildman–Crippen LogP) is 4.28. The molecule has 1 aromatic rings. The molecule has 1 aromatic carbocycles. The summed E-state index contributed by atoms with van der Waals surface area (Å²) in [4.78, 5) is 0. The largest absolute Gasteiger partial charge is 0.434 e. The maximum absolute atomic E-state index is 12.3. The van der Waals surface area contributed by atoms with E-state index in [0.29, 0.717) is 6.54 Å². The quantitative estimate of drug-likeness (QED) is 0.669. The fourth-order valence-corrected chi connectivity index (χ4v) is 2.52. The van der Waals surface area contributed by atoms with Crippen LogP contribution in [0, 0.1) is 0 Å². The first kappa shape index (κ1) is 16.7. The van der Waals surface area contributed by atoms with Crippen LogP contribution in [-0.2, 0) is 6.54 Å². The third-order valence-electron chi connectivity index (χ3n) is 2.51. The Labute approximate surface area is 125 Å². The molecule has 0 saturated carbocycles. The lowest BCUT2D eigenvalue weighted by atomic mass is 10.2. The van der Waals surface area contributed by atoms with E-state index in [9.17, 15) is 8.78 Å². The van der Waals surface area contributed by atoms with E-state index in [1.807, 2.05) is 11.8 Å². The van der Waals surface area contributed by atoms with Gasteiger partial charge in [0, 0.05) is 16.6 Å². The van der Waals surface area contributed by atoms with Gasteiger partial charge in [0.1, 0.15) is 5.75 Å². The number of alkyl halides is 2. The van der Waals surface area contributed by atoms with E-state index < -0.39 is 6.61 Å². The maximum Gasteiger partial charge on any atom is 0.387 e. The first-order valence-corrected chi connectivity index (χ1v) is 8.25. The second kappa shape index (κ2) is 9.55. The molecule has 0 aliphatic rings. The first-order valence-electron chi connectivity index (χ1n) is 6.06. The smallest absolute Gasteiger partial charge is 0.387 e. The molecule has 0 bridgehead atoms. The first-order chi connectivity index (χ1) is 9.13. The molecule has 6 heteroatoms. The van der Waals surface area contributed by atoms with Crippen molar-refractivity contribution in [2.75, 3.05) is 18.6 Å². The molecule has 1 rings (SSSR count). The molecule has 0 aliphatic carbocycles. The second-order valence-electron chi connectivity index (χ2n) is 4.01. The monoisotopic (exact) mass is 353 g/mol. The normalized spacial score (nSPS) is 11.0. The van der Waals surface area contributed by atoms with Crippen molar-refractivity contribution in [3.63, 3.8) is 0 Å². The lowest BCUT2D eigenvalue weighted by Crippen LogP contribution is -2.16. The van der Waals surface area contributed by atoms with Gasteiger partial charge in [0.05, 0.1) is 0 Å². The molecule has 2 nitrogen and oxygen atoms in total. The number of rotatable bonds is 9. The number of ether oxygens (including phenoxy) is 1. The van der Waals surface area contributed by atoms with Gasteiger partial charge in [0.25, 0.3) is 0 Å². The highest BCUT2D eigenvalue weighted by Crippen LogP contribution is 2.24. The van der Waals surface area contributed by atoms with Crippen molar-refractivity contribution >= 4 is 27.7 Å². The highest BCUT2D eigenvalue weighted by molar-refractivity contribution is 9.10. The van der Waals surface area contributed by atoms with Gasteiger partial charge in [-0.1, -0.05) is 15.9 Å². The summed E-state index contributed by atoms with van der Waals surface area (Å²) in [5.41, 5.74) is 0.736. The van der Waals surface area contributed by atoms with E-state index in [-0.39, 0.29) is 5.75 Å². The number of halogens is 3. The molecule has 108 valence electrons. The third kappa shape index (κ3) is 7.13. The molecule has 0 spiro atoms. The minimum Gasteiger partial charge on any atom is -0.434 e. The molecule has 0 amide bonds. The van der Waals surface area contributed by atoms with E-state index in [2.05, 4.69) is 32.2 Å². The van der Waals surface area contributed by atoms with E-state index in [4.69, 9.17) is 0 Å². The van der Waals surface area contributed by atoms with Gasteiger partial charge >= 0.3 is 6.61 Å². The summed E-state index contributed by atoms with van der Waals surface area (Å²) >= 11 is 5.16. The summed E-state index contributed by atoms with van der Waals surface area (Å²) in [5, 5.41) is 3.25. The highest BCUT2D eigenvalue weighted by Gasteiger charge is 2.09. The van der Waals surface area contributed by atoms with E-state index in [1.54, 1.807) is 18.2 Å². The molecular formula is C13H18BrF2NOS. The van der Waals surface area contributed by atoms with Gasteiger partial charge in [0.15, 0.2) is 0 Å². The zero-order chi connectivity index (χ0) is 14.1. The number of thioether (sulfide) groups is 1. The van der Waals surface area contributed by atoms with Crippen LogP contribution in [0.15, 0.2) is 22.7 Å². The molecule has 0 aliphatic heterocycles. The van der Waals surface area contributed by atoms with Gasteiger partial charge < -0.3 is 10.1 Å². The molecule has 19 heavy (non-hydrogen) atoms. The van der Waals surface area contributed by atoms with Crippen molar-refractivity contribution in [1.82, 2.24) is 5.32 Å². The van der Waals surface area contributed by atoms with Gasteiger partial charge in [-0.25, -0.2) is 0 Å². The zero-order valence-corrected chi connectivity index (χ0v) is 13.2. The SMILES string of the molecule is CSCCCCNCc1cc(Br)ccc1OC(F)F. The van der Waals surface area contributed by atoms with Crippen molar-refractivity contribution in [3.8, 4) is 5.75 Å². The van der Waals surface area contributed by atoms with Gasteiger partial charge in [-0.3, -0.25) is 0 Å². The molecule has 0 heterocycles. The Kier molecular flexibility index (Phi) is 8.41. The van der Waals surface area contributed by atoms with Crippen LogP contribution in [-0.4, -0.2) is 25.2 Å². The van der Waals surface area contributed by atoms with Gasteiger partial charge in [-0.05, 0) is 49.6 Å². The number of nitrogens with one attached hydrogen (secondary N) is 1. The molecule has 0 aromatic heterocycles. The van der Waals surface area contributed by atoms with Crippen molar-refractivity contribution < 1.29 is 13.5 Å². The van der Waals surface area contributed by atoms with Gasteiger partial charge in [0.2, 0.25) is 0 Å². The standard InChI is InChI=1S/C13H18BrF2NOS/c1-19-7-3-2-6-17-9-10-8-11(14)4-5-12(10)18-13(15)16/h4-5,8,13,17H,2-3,6-7,9H2,1H3. The molecular weight excluding hydrogens is 336 g/mol. The van der Waals surface area contributed by atoms with Crippen LogP contribution in [0.5, 0.6) is 5.75 Å². The van der Waals surface area contributed by atoms with Crippen molar-refractivity contribution in [2.45, 2.75) is 26.0 Å². The fourth-order valence-electron chi connectivity index (χ4n) is 1.62. The van der Waals surface area contributed by atoms with Crippen LogP contribution in [0.3, 0.4) is 0 Å². The third-order valence-corrected chi connectivity index (χ3v) is 3.70. The van der Waals surface area contributed by atoms with E-state index in [1.165, 1.54) is 0 Å². The summed E-state index contributed by atoms with van der Waals surface area (Å²) in [7, 11) is 0. The van der Waals surface area contributed by atoms with E-state index >= 15 is 0 Å². The van der Waals surface area contributed by atoms with Crippen LogP contribution in [0.25, 0.3) is 0 Å². The number of hydrogen-bond acceptors (Lipinski definition) is 3. The van der Waals surface area contributed by atoms with Gasteiger partial charge in [-0.15, -0.1) is 0 Å². The number of benzene rings is 1. The van der Waals surface area contributed by atoms with Crippen LogP contribution in [0.4, 0.5) is 8.78 Å². The van der Waals surface area contributed by atoms with Crippen molar-refractivity contribution in [2.24, 2.45) is 0 Å². The second-order valence-corrected chi connectivity index (χ2v) is 5.91. The number of hydrogen-bond donors (Lipinski definition) is 1. The Balaban J connectivity index is 2.44. The Morgan fingerprint density at radius 2 is 2.16 bits per heavy atom. The average Bonchev–Trinajstić information content (AvgIpc) is 2.36. The average molecular weight is 354 g/mol. The van der Waals surface area contributed by atoms with Crippen molar-refractivity contribution in [1.29, 1.82) is 0 Å². The molecule has 0 fully saturated rings. The minimum atomic E-state index is -2.79. The summed E-state index contributed by atoms with van der Waals surface area (Å²) in [6, 6.07) is 5.05. The fraction of sp³-hybridized carbons (Fsp3) is 0.538. The Morgan fingerprint density at radius 1 is 1.37 bits per heavy atom. The molecule has 0 radical (unpaired) electrons. The van der Waals surface area contributed by atoms with Gasteiger partial charge in [-0.2, -0.15) is 20.5 Å². The maximum atomic E-state index is 12.3. The number of unbranched alkanes of at least 4 members (excludes halogenated alkanes) is 1. The van der Waals surface area contributed by atoms with Crippen LogP contribution < -0.4 is 10.1 Å². The topological polar surface area (TPSA) is 21.3 Å². The van der Waals surface area contributed by atoms with E-state index in [0.717, 1.165) is 35.2 Å². The molecule has 1 N–H and O–H groups in total. The van der Waals surface area contributed by atoms with Crippen LogP contribution in [0.1, 0.15) is 18.4 Å². The summed E-state index contributed by atoms with van der Waals surface area (Å²) < 4.78 is 29.9. The Hall–Kier alpha value is -0.330. The zero-order valence-electron chi connectivity index (χ0n) is 10.8. The highest BCUT2D eigenvalue weighted by atomic mass is 79.9. The molecule has 0 unspecified atom stereocenters. The molecule has 0 atom stereocenters. The lowest BCUT2D eigenvalue weighted by molar-refractivity contribution is -0.0505. The van der Waals surface area contributed by atoms with Crippen LogP contribution in [0.2, 0.25) is 0 Å².